The molecule has 1 atom stereocenters. The number of rotatable bonds is 11. The quantitative estimate of drug-likeness (QED) is 0.0874. The number of pyridine rings is 4. The van der Waals surface area contributed by atoms with Crippen LogP contribution in [0.5, 0.6) is 0 Å². The summed E-state index contributed by atoms with van der Waals surface area (Å²) in [5, 5.41) is 19.8. The van der Waals surface area contributed by atoms with E-state index in [1.54, 1.807) is 24.8 Å². The van der Waals surface area contributed by atoms with Gasteiger partial charge in [-0.15, -0.1) is 0 Å². The second-order valence-corrected chi connectivity index (χ2v) is 29.1. The van der Waals surface area contributed by atoms with E-state index < -0.39 is 20.6 Å². The largest absolute Gasteiger partial charge is 0.376 e. The van der Waals surface area contributed by atoms with Crippen LogP contribution in [0.4, 0.5) is 0 Å². The van der Waals surface area contributed by atoms with Crippen LogP contribution in [0.1, 0.15) is 117 Å². The first-order valence-electron chi connectivity index (χ1n) is 30.7. The van der Waals surface area contributed by atoms with E-state index in [4.69, 9.17) is 22.8 Å². The first-order chi connectivity index (χ1) is 44.3. The molecule has 0 bridgehead atoms. The monoisotopic (exact) mass is 1300 g/mol. The van der Waals surface area contributed by atoms with Gasteiger partial charge in [-0.05, 0) is 142 Å². The molecule has 22 nitrogen and oxygen atoms in total. The standard InChI is InChI=1S/C19H23N3O2S.C18H19N3O4S.C18H19N3O3S.C12H11N3O/c1-11-17(12(2)24-22-11)14-8-15-16(10-21-19(15)20-9-14)18(23-3)13-4-6-25-7-5-13;1-10-16(11(2)25-21-10)13-7-14-15(9-20-18(14)19-8-13)17(22)12-3-5-26(23,24)6-4-12;1-10-16(11(2)24-21-10)13-7-14-15(9-20-18(14)19-8-13)17(22)12-3-5-25(23)6-4-12;1-7-11(8(2)16-15-7)10-5-9-3-4-13-12(9)14-6-10/h8-10,13,18H,4-7H2,1-3H3,(H,20,21);7-9,12H,3-6H2,1-2H3,(H,19,20);7-9,12H,3-6H2,1-2H3,(H,19,20);3-6H,1-2H3,(H,13,14). The van der Waals surface area contributed by atoms with Crippen molar-refractivity contribution in [2.45, 2.75) is 100 Å². The summed E-state index contributed by atoms with van der Waals surface area (Å²) in [6.45, 7) is 15.2. The minimum Gasteiger partial charge on any atom is -0.376 e. The summed E-state index contributed by atoms with van der Waals surface area (Å²) < 4.78 is 61.7. The van der Waals surface area contributed by atoms with E-state index in [0.29, 0.717) is 71.3 Å². The van der Waals surface area contributed by atoms with Crippen molar-refractivity contribution >= 4 is 88.1 Å². The van der Waals surface area contributed by atoms with Gasteiger partial charge < -0.3 is 42.8 Å². The van der Waals surface area contributed by atoms with Crippen LogP contribution in [0.15, 0.2) is 98.0 Å². The molecule has 0 spiro atoms. The smallest absolute Gasteiger partial charge is 0.168 e. The Balaban J connectivity index is 0.000000120. The molecule has 4 N–H and O–H groups in total. The molecule has 12 aromatic heterocycles. The van der Waals surface area contributed by atoms with Gasteiger partial charge in [-0.2, -0.15) is 11.8 Å². The second kappa shape index (κ2) is 26.9. The number of aromatic nitrogens is 12. The van der Waals surface area contributed by atoms with Gasteiger partial charge in [0.25, 0.3) is 0 Å². The lowest BCUT2D eigenvalue weighted by atomic mass is 9.90. The normalized spacial score (nSPS) is 17.3. The number of fused-ring (bicyclic) bond motifs is 4. The molecule has 478 valence electrons. The summed E-state index contributed by atoms with van der Waals surface area (Å²) in [7, 11) is -1.95. The summed E-state index contributed by atoms with van der Waals surface area (Å²) in [4.78, 5) is 56.2. The Morgan fingerprint density at radius 2 is 0.946 bits per heavy atom. The fourth-order valence-electron chi connectivity index (χ4n) is 13.0. The molecule has 3 saturated heterocycles. The fourth-order valence-corrected chi connectivity index (χ4v) is 16.9. The van der Waals surface area contributed by atoms with E-state index in [9.17, 15) is 22.2 Å². The van der Waals surface area contributed by atoms with Gasteiger partial charge in [0, 0.05) is 174 Å². The number of aromatic amines is 4. The third kappa shape index (κ3) is 13.1. The SMILES string of the molecule is COC(c1c[nH]c2ncc(-c3c(C)noc3C)cc12)C1CCSCC1.Cc1noc(C)c1-c1cnc2[nH]cc(C(=O)C3CCS(=O)(=O)CC3)c2c1.Cc1noc(C)c1-c1cnc2[nH]cc(C(=O)C3CCS(=O)CC3)c2c1.Cc1noc(C)c1-c1cnc2[nH]ccc2c1. The number of ketones is 2. The number of nitrogens with one attached hydrogen (secondary N) is 4. The molecule has 1 unspecified atom stereocenters. The van der Waals surface area contributed by atoms with E-state index in [1.165, 1.54) is 29.9 Å². The number of Topliss-reactive ketones (excluding diaryl/α,β-unsaturated/α-hetero) is 2. The average molecular weight is 1300 g/mol. The summed E-state index contributed by atoms with van der Waals surface area (Å²) in [6.07, 6.45) is 19.2. The maximum atomic E-state index is 12.9. The third-order valence-electron chi connectivity index (χ3n) is 17.8. The van der Waals surface area contributed by atoms with Crippen LogP contribution in [0.25, 0.3) is 88.6 Å². The van der Waals surface area contributed by atoms with Crippen LogP contribution < -0.4 is 0 Å². The second-order valence-electron chi connectivity index (χ2n) is 23.8. The number of methoxy groups -OCH3 is 1. The Morgan fingerprint density at radius 3 is 1.38 bits per heavy atom. The Labute approximate surface area is 537 Å². The van der Waals surface area contributed by atoms with Gasteiger partial charge in [-0.3, -0.25) is 13.8 Å². The highest BCUT2D eigenvalue weighted by molar-refractivity contribution is 7.99. The lowest BCUT2D eigenvalue weighted by Gasteiger charge is -2.28. The van der Waals surface area contributed by atoms with Crippen molar-refractivity contribution in [3.8, 4) is 44.5 Å². The van der Waals surface area contributed by atoms with E-state index in [-0.39, 0.29) is 41.0 Å². The molecule has 0 aromatic carbocycles. The van der Waals surface area contributed by atoms with Crippen molar-refractivity contribution in [3.05, 3.63) is 142 Å². The molecule has 0 radical (unpaired) electrons. The Kier molecular flexibility index (Phi) is 18.6. The average Bonchev–Trinajstić information content (AvgIpc) is 1.70. The molecule has 0 saturated carbocycles. The highest BCUT2D eigenvalue weighted by atomic mass is 32.2. The molecule has 12 aromatic rings. The molecular weight excluding hydrogens is 1230 g/mol. The van der Waals surface area contributed by atoms with Crippen molar-refractivity contribution < 1.29 is 45.0 Å². The van der Waals surface area contributed by atoms with Crippen molar-refractivity contribution in [3.63, 3.8) is 0 Å². The van der Waals surface area contributed by atoms with Crippen LogP contribution in [0.3, 0.4) is 0 Å². The van der Waals surface area contributed by atoms with Gasteiger partial charge in [0.2, 0.25) is 0 Å². The highest BCUT2D eigenvalue weighted by Crippen LogP contribution is 2.41. The molecule has 15 rings (SSSR count). The summed E-state index contributed by atoms with van der Waals surface area (Å²) in [5.74, 6) is 7.23. The van der Waals surface area contributed by atoms with Crippen molar-refractivity contribution in [1.82, 2.24) is 60.5 Å². The predicted molar refractivity (Wildman–Crippen MR) is 355 cm³/mol. The number of aryl methyl sites for hydroxylation is 8. The van der Waals surface area contributed by atoms with Crippen LogP contribution >= 0.6 is 11.8 Å². The van der Waals surface area contributed by atoms with E-state index in [0.717, 1.165) is 117 Å². The molecule has 0 aliphatic carbocycles. The maximum absolute atomic E-state index is 12.9. The number of hydrogen-bond donors (Lipinski definition) is 4. The Hall–Kier alpha value is -8.65. The van der Waals surface area contributed by atoms with E-state index in [1.807, 2.05) is 111 Å². The van der Waals surface area contributed by atoms with Crippen molar-refractivity contribution in [2.24, 2.45) is 17.8 Å². The lowest BCUT2D eigenvalue weighted by Crippen LogP contribution is -2.28. The molecule has 0 amide bonds. The number of carbonyl (C=O) groups excluding carboxylic acids is 2. The Bertz CT molecular complexity index is 4720. The number of nitrogens with zero attached hydrogens (tertiary/aromatic N) is 8. The molecule has 15 heterocycles. The number of thioether (sulfide) groups is 1. The summed E-state index contributed by atoms with van der Waals surface area (Å²) >= 11 is 2.04. The third-order valence-corrected chi connectivity index (χ3v) is 21.9. The zero-order chi connectivity index (χ0) is 64.5. The van der Waals surface area contributed by atoms with E-state index in [2.05, 4.69) is 78.8 Å². The number of H-pyrrole nitrogens is 4. The van der Waals surface area contributed by atoms with Crippen LogP contribution in [0.2, 0.25) is 0 Å². The van der Waals surface area contributed by atoms with Gasteiger partial charge >= 0.3 is 0 Å². The van der Waals surface area contributed by atoms with Gasteiger partial charge in [0.05, 0.1) is 40.4 Å². The van der Waals surface area contributed by atoms with Crippen molar-refractivity contribution in [2.75, 3.05) is 41.6 Å². The number of sulfone groups is 1. The lowest BCUT2D eigenvalue weighted by molar-refractivity contribution is 0.0487. The van der Waals surface area contributed by atoms with Gasteiger partial charge in [-0.25, -0.2) is 28.4 Å². The molecule has 3 aliphatic heterocycles. The summed E-state index contributed by atoms with van der Waals surface area (Å²) in [5.41, 5.74) is 16.6. The van der Waals surface area contributed by atoms with Gasteiger partial charge in [0.1, 0.15) is 55.5 Å². The zero-order valence-electron chi connectivity index (χ0n) is 52.7. The van der Waals surface area contributed by atoms with Crippen LogP contribution in [-0.4, -0.2) is 126 Å². The zero-order valence-corrected chi connectivity index (χ0v) is 55.1. The predicted octanol–water partition coefficient (Wildman–Crippen LogP) is 13.5. The number of hydrogen-bond acceptors (Lipinski definition) is 19. The Morgan fingerprint density at radius 1 is 0.543 bits per heavy atom. The van der Waals surface area contributed by atoms with Crippen LogP contribution in [-0.2, 0) is 25.4 Å². The fraction of sp³-hybridized carbons (Fsp3) is 0.373. The first-order valence-corrected chi connectivity index (χ1v) is 35.1. The van der Waals surface area contributed by atoms with Gasteiger partial charge in [0.15, 0.2) is 11.6 Å². The molecule has 3 fully saturated rings. The van der Waals surface area contributed by atoms with Gasteiger partial charge in [-0.1, -0.05) is 20.6 Å². The van der Waals surface area contributed by atoms with Crippen molar-refractivity contribution in [1.29, 1.82) is 0 Å². The number of ether oxygens (including phenoxy) is 1. The minimum atomic E-state index is -3.00. The molecular formula is C67H72N12O10S3. The minimum absolute atomic E-state index is 0.0242. The maximum Gasteiger partial charge on any atom is 0.168 e. The van der Waals surface area contributed by atoms with E-state index >= 15 is 0 Å². The molecule has 92 heavy (non-hydrogen) atoms. The highest BCUT2D eigenvalue weighted by Gasteiger charge is 2.32. The molecule has 3 aliphatic rings. The first kappa shape index (κ1) is 63.5. The number of carbonyl (C=O) groups is 2. The van der Waals surface area contributed by atoms with Crippen LogP contribution in [0, 0.1) is 73.1 Å². The topological polar surface area (TPSA) is 313 Å². The molecule has 25 heteroatoms. The summed E-state index contributed by atoms with van der Waals surface area (Å²) in [6, 6.07) is 10.2.